The van der Waals surface area contributed by atoms with Crippen molar-refractivity contribution in [3.8, 4) is 0 Å². The fourth-order valence-electron chi connectivity index (χ4n) is 3.76. The summed E-state index contributed by atoms with van der Waals surface area (Å²) in [5, 5.41) is 10.7. The number of carbonyl (C=O) groups excluding carboxylic acids is 1. The summed E-state index contributed by atoms with van der Waals surface area (Å²) in [5.74, 6) is 0.243. The molecule has 3 aromatic rings. The van der Waals surface area contributed by atoms with Gasteiger partial charge in [-0.05, 0) is 13.0 Å². The number of amides is 1. The molecule has 3 aromatic heterocycles. The van der Waals surface area contributed by atoms with Crippen molar-refractivity contribution in [2.75, 3.05) is 36.0 Å². The number of fused-ring (bicyclic) bond motifs is 2. The minimum Gasteiger partial charge on any atom is -0.353 e. The van der Waals surface area contributed by atoms with Crippen LogP contribution in [0.2, 0.25) is 0 Å². The molecule has 2 aliphatic heterocycles. The van der Waals surface area contributed by atoms with Crippen LogP contribution in [0, 0.1) is 6.92 Å². The first kappa shape index (κ1) is 19.0. The quantitative estimate of drug-likeness (QED) is 0.649. The Morgan fingerprint density at radius 3 is 2.70 bits per heavy atom. The Morgan fingerprint density at radius 1 is 1.10 bits per heavy atom. The van der Waals surface area contributed by atoms with E-state index in [1.54, 1.807) is 0 Å². The molecule has 0 saturated carbocycles. The van der Waals surface area contributed by atoms with Gasteiger partial charge in [0.05, 0.1) is 18.5 Å². The molecule has 1 N–H and O–H groups in total. The van der Waals surface area contributed by atoms with Gasteiger partial charge in [-0.1, -0.05) is 0 Å². The van der Waals surface area contributed by atoms with Crippen molar-refractivity contribution in [3.05, 3.63) is 22.6 Å². The summed E-state index contributed by atoms with van der Waals surface area (Å²) in [6, 6.07) is 1.97. The van der Waals surface area contributed by atoms with Gasteiger partial charge in [-0.2, -0.15) is 18.2 Å². The number of alkyl halides is 3. The summed E-state index contributed by atoms with van der Waals surface area (Å²) in [6.07, 6.45) is -4.54. The smallest absolute Gasteiger partial charge is 0.353 e. The molecular formula is C17H17F3N8OS. The highest BCUT2D eigenvalue weighted by molar-refractivity contribution is 7.18. The largest absolute Gasteiger partial charge is 0.451 e. The van der Waals surface area contributed by atoms with Crippen molar-refractivity contribution in [1.82, 2.24) is 30.0 Å². The van der Waals surface area contributed by atoms with Gasteiger partial charge in [0.25, 0.3) is 0 Å². The van der Waals surface area contributed by atoms with E-state index in [-0.39, 0.29) is 31.4 Å². The molecule has 0 atom stereocenters. The van der Waals surface area contributed by atoms with Gasteiger partial charge in [0, 0.05) is 31.1 Å². The number of nitrogens with zero attached hydrogens (tertiary/aromatic N) is 7. The van der Waals surface area contributed by atoms with Gasteiger partial charge in [-0.3, -0.25) is 4.79 Å². The first-order valence-corrected chi connectivity index (χ1v) is 10.2. The Labute approximate surface area is 172 Å². The fraction of sp³-hybridized carbons (Fsp3) is 0.471. The van der Waals surface area contributed by atoms with E-state index in [1.807, 2.05) is 22.8 Å². The molecule has 30 heavy (non-hydrogen) atoms. The van der Waals surface area contributed by atoms with Crippen LogP contribution in [-0.2, 0) is 24.1 Å². The van der Waals surface area contributed by atoms with Crippen LogP contribution in [0.5, 0.6) is 0 Å². The number of nitrogens with one attached hydrogen (secondary N) is 1. The normalized spacial score (nSPS) is 17.4. The van der Waals surface area contributed by atoms with Gasteiger partial charge < -0.3 is 19.7 Å². The average Bonchev–Trinajstić information content (AvgIpc) is 3.28. The second kappa shape index (κ2) is 6.79. The highest BCUT2D eigenvalue weighted by Crippen LogP contribution is 2.35. The number of aromatic nitrogens is 5. The Kier molecular flexibility index (Phi) is 4.31. The van der Waals surface area contributed by atoms with E-state index in [2.05, 4.69) is 20.5 Å². The number of hydrogen-bond acceptors (Lipinski definition) is 8. The number of rotatable bonds is 2. The van der Waals surface area contributed by atoms with Crippen LogP contribution < -0.4 is 15.1 Å². The van der Waals surface area contributed by atoms with E-state index in [0.717, 1.165) is 19.7 Å². The van der Waals surface area contributed by atoms with E-state index in [0.29, 0.717) is 31.4 Å². The second-order valence-corrected chi connectivity index (χ2v) is 8.44. The molecule has 0 aliphatic carbocycles. The first-order valence-electron chi connectivity index (χ1n) is 9.33. The molecule has 5 heterocycles. The van der Waals surface area contributed by atoms with Gasteiger partial charge >= 0.3 is 6.18 Å². The van der Waals surface area contributed by atoms with E-state index in [4.69, 9.17) is 4.98 Å². The third-order valence-electron chi connectivity index (χ3n) is 5.11. The molecule has 9 nitrogen and oxygen atoms in total. The van der Waals surface area contributed by atoms with Crippen molar-refractivity contribution in [3.63, 3.8) is 0 Å². The third-order valence-corrected chi connectivity index (χ3v) is 6.06. The van der Waals surface area contributed by atoms with E-state index >= 15 is 0 Å². The Balaban J connectivity index is 1.54. The van der Waals surface area contributed by atoms with Gasteiger partial charge in [-0.25, -0.2) is 4.98 Å². The zero-order valence-electron chi connectivity index (χ0n) is 15.9. The summed E-state index contributed by atoms with van der Waals surface area (Å²) in [4.78, 5) is 26.7. The molecule has 5 rings (SSSR count). The lowest BCUT2D eigenvalue weighted by Gasteiger charge is -2.31. The van der Waals surface area contributed by atoms with E-state index in [1.165, 1.54) is 11.3 Å². The van der Waals surface area contributed by atoms with Crippen molar-refractivity contribution in [2.45, 2.75) is 26.2 Å². The number of thiophene rings is 1. The molecule has 0 radical (unpaired) electrons. The number of hydrogen-bond donors (Lipinski definition) is 1. The first-order chi connectivity index (χ1) is 14.3. The zero-order valence-corrected chi connectivity index (χ0v) is 16.7. The Hall–Kier alpha value is -2.96. The van der Waals surface area contributed by atoms with Crippen LogP contribution in [0.4, 0.5) is 24.9 Å². The fourth-order valence-corrected chi connectivity index (χ4v) is 4.63. The molecule has 13 heteroatoms. The van der Waals surface area contributed by atoms with E-state index < -0.39 is 12.0 Å². The lowest BCUT2D eigenvalue weighted by atomic mass is 10.2. The summed E-state index contributed by atoms with van der Waals surface area (Å²) >= 11 is 1.52. The maximum absolute atomic E-state index is 13.1. The molecule has 1 saturated heterocycles. The van der Waals surface area contributed by atoms with Gasteiger partial charge in [0.15, 0.2) is 5.82 Å². The maximum Gasteiger partial charge on any atom is 0.451 e. The summed E-state index contributed by atoms with van der Waals surface area (Å²) in [6.45, 7) is 3.81. The SMILES string of the molecule is Cc1cc2c(N3CCn4c(nnc4C(F)(F)F)C3)nc(N3CCNC(=O)C3)nc2s1. The predicted molar refractivity (Wildman–Crippen MR) is 103 cm³/mol. The van der Waals surface area contributed by atoms with Crippen LogP contribution >= 0.6 is 11.3 Å². The molecule has 0 bridgehead atoms. The van der Waals surface area contributed by atoms with Crippen molar-refractivity contribution in [1.29, 1.82) is 0 Å². The monoisotopic (exact) mass is 438 g/mol. The lowest BCUT2D eigenvalue weighted by molar-refractivity contribution is -0.147. The second-order valence-electron chi connectivity index (χ2n) is 7.21. The minimum atomic E-state index is -4.54. The van der Waals surface area contributed by atoms with E-state index in [9.17, 15) is 18.0 Å². The highest BCUT2D eigenvalue weighted by Gasteiger charge is 2.39. The number of carbonyl (C=O) groups is 1. The predicted octanol–water partition coefficient (Wildman–Crippen LogP) is 1.57. The molecule has 1 fully saturated rings. The number of piperazine rings is 1. The molecule has 2 aliphatic rings. The number of aryl methyl sites for hydroxylation is 1. The minimum absolute atomic E-state index is 0.0976. The van der Waals surface area contributed by atoms with Crippen LogP contribution in [0.3, 0.4) is 0 Å². The molecule has 0 aromatic carbocycles. The van der Waals surface area contributed by atoms with Crippen molar-refractivity contribution < 1.29 is 18.0 Å². The van der Waals surface area contributed by atoms with Crippen LogP contribution in [-0.4, -0.2) is 56.8 Å². The van der Waals surface area contributed by atoms with Crippen molar-refractivity contribution in [2.24, 2.45) is 0 Å². The lowest BCUT2D eigenvalue weighted by Crippen LogP contribution is -2.48. The van der Waals surface area contributed by atoms with Crippen LogP contribution in [0.25, 0.3) is 10.2 Å². The summed E-state index contributed by atoms with van der Waals surface area (Å²) in [5.41, 5.74) is 0. The highest BCUT2D eigenvalue weighted by atomic mass is 32.1. The molecule has 0 spiro atoms. The standard InChI is InChI=1S/C17H17F3N8OS/c1-9-6-10-13(22-16(23-14(10)30-9)27-3-2-21-12(29)8-27)26-4-5-28-11(7-26)24-25-15(28)17(18,19)20/h6H,2-5,7-8H2,1H3,(H,21,29). The van der Waals surface area contributed by atoms with Crippen molar-refractivity contribution >= 4 is 39.2 Å². The zero-order chi connectivity index (χ0) is 21.0. The van der Waals surface area contributed by atoms with Crippen LogP contribution in [0.15, 0.2) is 6.07 Å². The van der Waals surface area contributed by atoms with Gasteiger partial charge in [-0.15, -0.1) is 21.5 Å². The van der Waals surface area contributed by atoms with Gasteiger partial charge in [0.2, 0.25) is 17.7 Å². The van der Waals surface area contributed by atoms with Gasteiger partial charge in [0.1, 0.15) is 10.6 Å². The van der Waals surface area contributed by atoms with Crippen LogP contribution in [0.1, 0.15) is 16.5 Å². The maximum atomic E-state index is 13.1. The average molecular weight is 438 g/mol. The Morgan fingerprint density at radius 2 is 1.93 bits per heavy atom. The summed E-state index contributed by atoms with van der Waals surface area (Å²) in [7, 11) is 0. The molecular weight excluding hydrogens is 421 g/mol. The molecule has 1 amide bonds. The number of anilines is 2. The molecule has 158 valence electrons. The Bertz CT molecular complexity index is 1140. The topological polar surface area (TPSA) is 92.1 Å². The molecule has 0 unspecified atom stereocenters. The third kappa shape index (κ3) is 3.22. The summed E-state index contributed by atoms with van der Waals surface area (Å²) < 4.78 is 40.5. The number of halogens is 3.